The molecular weight excluding hydrogens is 280 g/mol. The van der Waals surface area contributed by atoms with Gasteiger partial charge in [-0.25, -0.2) is 0 Å². The molecule has 6 nitrogen and oxygen atoms in total. The first kappa shape index (κ1) is 14.6. The zero-order chi connectivity index (χ0) is 15.5. The Morgan fingerprint density at radius 2 is 2.23 bits per heavy atom. The average molecular weight is 300 g/mol. The number of nitrogens with zero attached hydrogens (tertiary/aromatic N) is 1. The van der Waals surface area contributed by atoms with Gasteiger partial charge in [-0.05, 0) is 17.5 Å². The summed E-state index contributed by atoms with van der Waals surface area (Å²) in [6.45, 7) is 1.98. The Morgan fingerprint density at radius 3 is 3.00 bits per heavy atom. The van der Waals surface area contributed by atoms with E-state index in [1.807, 2.05) is 18.2 Å². The predicted octanol–water partition coefficient (Wildman–Crippen LogP) is 0.604. The van der Waals surface area contributed by atoms with E-state index in [9.17, 15) is 9.59 Å². The van der Waals surface area contributed by atoms with Crippen molar-refractivity contribution < 1.29 is 9.59 Å². The topological polar surface area (TPSA) is 77.2 Å². The van der Waals surface area contributed by atoms with Crippen molar-refractivity contribution in [3.05, 3.63) is 36.0 Å². The van der Waals surface area contributed by atoms with Crippen LogP contribution >= 0.6 is 0 Å². The number of carbonyl (C=O) groups excluding carboxylic acids is 2. The molecule has 1 aliphatic rings. The molecule has 6 heteroatoms. The molecule has 1 atom stereocenters. The maximum absolute atomic E-state index is 12.1. The number of benzene rings is 1. The molecule has 1 aromatic carbocycles. The number of hydrogen-bond acceptors (Lipinski definition) is 3. The van der Waals surface area contributed by atoms with Crippen molar-refractivity contribution in [1.82, 2.24) is 20.5 Å². The molecule has 0 saturated carbocycles. The number of carbonyl (C=O) groups is 2. The fraction of sp³-hybridized carbons (Fsp3) is 0.375. The third-order valence-corrected chi connectivity index (χ3v) is 4.06. The van der Waals surface area contributed by atoms with Gasteiger partial charge in [-0.15, -0.1) is 0 Å². The molecule has 1 saturated heterocycles. The number of piperazine rings is 1. The molecule has 2 heterocycles. The summed E-state index contributed by atoms with van der Waals surface area (Å²) < 4.78 is 0. The first-order chi connectivity index (χ1) is 10.7. The zero-order valence-electron chi connectivity index (χ0n) is 12.6. The van der Waals surface area contributed by atoms with Crippen LogP contribution in [0.15, 0.2) is 30.3 Å². The second-order valence-corrected chi connectivity index (χ2v) is 5.54. The van der Waals surface area contributed by atoms with E-state index < -0.39 is 6.04 Å². The lowest BCUT2D eigenvalue weighted by Crippen LogP contribution is -2.56. The van der Waals surface area contributed by atoms with Gasteiger partial charge in [-0.3, -0.25) is 14.5 Å². The summed E-state index contributed by atoms with van der Waals surface area (Å²) in [4.78, 5) is 29.1. The van der Waals surface area contributed by atoms with Crippen LogP contribution in [0.3, 0.4) is 0 Å². The van der Waals surface area contributed by atoms with Crippen LogP contribution in [0.1, 0.15) is 12.1 Å². The largest absolute Gasteiger partial charge is 0.359 e. The number of H-pyrrole nitrogens is 1. The fourth-order valence-corrected chi connectivity index (χ4v) is 2.89. The van der Waals surface area contributed by atoms with Crippen LogP contribution in [0.25, 0.3) is 10.9 Å². The minimum absolute atomic E-state index is 0.0778. The SMILES string of the molecule is CNC(=O)C[C@@H]1C(=O)NCCN1Cc1cc2ccccc2[nH]1. The van der Waals surface area contributed by atoms with Crippen LogP contribution in [0.2, 0.25) is 0 Å². The highest BCUT2D eigenvalue weighted by molar-refractivity contribution is 5.88. The Hall–Kier alpha value is -2.34. The Kier molecular flexibility index (Phi) is 4.11. The van der Waals surface area contributed by atoms with Crippen molar-refractivity contribution in [3.8, 4) is 0 Å². The number of aromatic amines is 1. The van der Waals surface area contributed by atoms with Crippen molar-refractivity contribution in [2.75, 3.05) is 20.1 Å². The van der Waals surface area contributed by atoms with Crippen LogP contribution in [0.4, 0.5) is 0 Å². The summed E-state index contributed by atoms with van der Waals surface area (Å²) in [5.41, 5.74) is 2.14. The number of para-hydroxylation sites is 1. The van der Waals surface area contributed by atoms with Gasteiger partial charge in [0.05, 0.1) is 12.5 Å². The minimum Gasteiger partial charge on any atom is -0.359 e. The molecule has 1 aromatic heterocycles. The van der Waals surface area contributed by atoms with E-state index in [1.165, 1.54) is 0 Å². The van der Waals surface area contributed by atoms with E-state index >= 15 is 0 Å². The summed E-state index contributed by atoms with van der Waals surface area (Å²) in [5, 5.41) is 6.57. The number of hydrogen-bond donors (Lipinski definition) is 3. The zero-order valence-corrected chi connectivity index (χ0v) is 12.6. The van der Waals surface area contributed by atoms with E-state index in [1.54, 1.807) is 7.05 Å². The predicted molar refractivity (Wildman–Crippen MR) is 84.2 cm³/mol. The van der Waals surface area contributed by atoms with Crippen molar-refractivity contribution in [3.63, 3.8) is 0 Å². The average Bonchev–Trinajstić information content (AvgIpc) is 2.92. The maximum Gasteiger partial charge on any atom is 0.237 e. The Balaban J connectivity index is 1.78. The highest BCUT2D eigenvalue weighted by Crippen LogP contribution is 2.18. The van der Waals surface area contributed by atoms with E-state index in [2.05, 4.69) is 32.7 Å². The quantitative estimate of drug-likeness (QED) is 0.774. The highest BCUT2D eigenvalue weighted by Gasteiger charge is 2.31. The summed E-state index contributed by atoms with van der Waals surface area (Å²) in [5.74, 6) is -0.199. The molecule has 0 radical (unpaired) electrons. The maximum atomic E-state index is 12.1. The molecular formula is C16H20N4O2. The third-order valence-electron chi connectivity index (χ3n) is 4.06. The molecule has 1 aliphatic heterocycles. The van der Waals surface area contributed by atoms with Crippen LogP contribution in [-0.4, -0.2) is 47.9 Å². The normalized spacial score (nSPS) is 19.1. The lowest BCUT2D eigenvalue weighted by atomic mass is 10.1. The Bertz CT molecular complexity index is 661. The minimum atomic E-state index is -0.417. The van der Waals surface area contributed by atoms with Crippen LogP contribution < -0.4 is 10.6 Å². The number of fused-ring (bicyclic) bond motifs is 1. The first-order valence-electron chi connectivity index (χ1n) is 7.46. The van der Waals surface area contributed by atoms with Crippen LogP contribution in [0, 0.1) is 0 Å². The van der Waals surface area contributed by atoms with Gasteiger partial charge in [0.15, 0.2) is 0 Å². The molecule has 2 aromatic rings. The lowest BCUT2D eigenvalue weighted by Gasteiger charge is -2.34. The van der Waals surface area contributed by atoms with Crippen LogP contribution in [0.5, 0.6) is 0 Å². The molecule has 3 N–H and O–H groups in total. The third kappa shape index (κ3) is 2.96. The summed E-state index contributed by atoms with van der Waals surface area (Å²) >= 11 is 0. The number of amides is 2. The smallest absolute Gasteiger partial charge is 0.237 e. The van der Waals surface area contributed by atoms with Crippen LogP contribution in [-0.2, 0) is 16.1 Å². The van der Waals surface area contributed by atoms with Gasteiger partial charge in [0.2, 0.25) is 11.8 Å². The second-order valence-electron chi connectivity index (χ2n) is 5.54. The van der Waals surface area contributed by atoms with Gasteiger partial charge >= 0.3 is 0 Å². The molecule has 116 valence electrons. The standard InChI is InChI=1S/C16H20N4O2/c1-17-15(21)9-14-16(22)18-6-7-20(14)10-12-8-11-4-2-3-5-13(11)19-12/h2-5,8,14,19H,6-7,9-10H2,1H3,(H,17,21)(H,18,22)/t14-/m1/s1. The molecule has 3 rings (SSSR count). The molecule has 1 fully saturated rings. The molecule has 2 amide bonds. The molecule has 0 spiro atoms. The van der Waals surface area contributed by atoms with Crippen molar-refractivity contribution in [2.24, 2.45) is 0 Å². The molecule has 0 unspecified atom stereocenters. The van der Waals surface area contributed by atoms with Gasteiger partial charge in [0, 0.05) is 37.9 Å². The highest BCUT2D eigenvalue weighted by atomic mass is 16.2. The van der Waals surface area contributed by atoms with E-state index in [-0.39, 0.29) is 18.2 Å². The second kappa shape index (κ2) is 6.19. The van der Waals surface area contributed by atoms with Crippen molar-refractivity contribution in [1.29, 1.82) is 0 Å². The van der Waals surface area contributed by atoms with Crippen molar-refractivity contribution >= 4 is 22.7 Å². The fourth-order valence-electron chi connectivity index (χ4n) is 2.89. The summed E-state index contributed by atoms with van der Waals surface area (Å²) in [6.07, 6.45) is 0.183. The van der Waals surface area contributed by atoms with E-state index in [4.69, 9.17) is 0 Å². The Labute approximate surface area is 128 Å². The number of rotatable bonds is 4. The number of aromatic nitrogens is 1. The number of nitrogens with one attached hydrogen (secondary N) is 3. The molecule has 0 aliphatic carbocycles. The van der Waals surface area contributed by atoms with E-state index in [0.717, 1.165) is 23.1 Å². The summed E-state index contributed by atoms with van der Waals surface area (Å²) in [6, 6.07) is 9.76. The molecule has 22 heavy (non-hydrogen) atoms. The van der Waals surface area contributed by atoms with Gasteiger partial charge in [0.25, 0.3) is 0 Å². The monoisotopic (exact) mass is 300 g/mol. The molecule has 0 bridgehead atoms. The van der Waals surface area contributed by atoms with Gasteiger partial charge in [-0.2, -0.15) is 0 Å². The lowest BCUT2D eigenvalue weighted by molar-refractivity contribution is -0.134. The summed E-state index contributed by atoms with van der Waals surface area (Å²) in [7, 11) is 1.59. The van der Waals surface area contributed by atoms with Gasteiger partial charge < -0.3 is 15.6 Å². The van der Waals surface area contributed by atoms with Crippen molar-refractivity contribution in [2.45, 2.75) is 19.0 Å². The van der Waals surface area contributed by atoms with Gasteiger partial charge in [0.1, 0.15) is 0 Å². The Morgan fingerprint density at radius 1 is 1.41 bits per heavy atom. The van der Waals surface area contributed by atoms with Gasteiger partial charge in [-0.1, -0.05) is 18.2 Å². The first-order valence-corrected chi connectivity index (χ1v) is 7.46. The van der Waals surface area contributed by atoms with E-state index in [0.29, 0.717) is 13.1 Å².